The smallest absolute Gasteiger partial charge is 0.306 e. The van der Waals surface area contributed by atoms with Crippen molar-refractivity contribution in [3.63, 3.8) is 0 Å². The second-order valence-corrected chi connectivity index (χ2v) is 11.4. The summed E-state index contributed by atoms with van der Waals surface area (Å²) in [5.41, 5.74) is 4.02. The molecule has 0 aromatic heterocycles. The molecule has 0 aliphatic rings. The monoisotopic (exact) mass is 514 g/mol. The Bertz CT molecular complexity index is 620. The highest BCUT2D eigenvalue weighted by Crippen LogP contribution is 2.18. The molecular weight excluding hydrogens is 452 g/mol. The molecular formula is C35H62O2. The van der Waals surface area contributed by atoms with Crippen LogP contribution in [0, 0.1) is 0 Å². The second kappa shape index (κ2) is 25.0. The minimum Gasteiger partial charge on any atom is -0.461 e. The Morgan fingerprint density at radius 3 is 1.27 bits per heavy atom. The van der Waals surface area contributed by atoms with Gasteiger partial charge in [0.05, 0.1) is 0 Å². The van der Waals surface area contributed by atoms with Crippen molar-refractivity contribution in [1.82, 2.24) is 0 Å². The van der Waals surface area contributed by atoms with Gasteiger partial charge >= 0.3 is 5.97 Å². The molecule has 0 saturated carbocycles. The maximum absolute atomic E-state index is 12.4. The second-order valence-electron chi connectivity index (χ2n) is 11.4. The third kappa shape index (κ3) is 20.3. The Kier molecular flexibility index (Phi) is 22.8. The van der Waals surface area contributed by atoms with Crippen molar-refractivity contribution in [2.75, 3.05) is 0 Å². The van der Waals surface area contributed by atoms with E-state index in [2.05, 4.69) is 39.0 Å². The van der Waals surface area contributed by atoms with E-state index in [1.54, 1.807) is 0 Å². The van der Waals surface area contributed by atoms with Crippen LogP contribution in [0.25, 0.3) is 0 Å². The molecule has 0 unspecified atom stereocenters. The molecule has 0 fully saturated rings. The molecule has 2 nitrogen and oxygen atoms in total. The fourth-order valence-electron chi connectivity index (χ4n) is 5.25. The van der Waals surface area contributed by atoms with E-state index in [1.165, 1.54) is 139 Å². The standard InChI is InChI=1S/C35H62O2/c1-4-7-10-13-14-15-16-17-18-19-20-21-24-27-35(36)37-31-34-29-32(25-22-11-8-5-2)28-33(30-34)26-23-12-9-6-3/h28-30H,4-27,31H2,1-3H3. The van der Waals surface area contributed by atoms with Gasteiger partial charge in [0.2, 0.25) is 0 Å². The van der Waals surface area contributed by atoms with E-state index in [1.807, 2.05) is 0 Å². The average molecular weight is 515 g/mol. The molecule has 0 aliphatic heterocycles. The normalized spacial score (nSPS) is 11.2. The van der Waals surface area contributed by atoms with Gasteiger partial charge in [-0.3, -0.25) is 4.79 Å². The van der Waals surface area contributed by atoms with Crippen LogP contribution in [-0.4, -0.2) is 5.97 Å². The lowest BCUT2D eigenvalue weighted by molar-refractivity contribution is -0.145. The Morgan fingerprint density at radius 2 is 0.838 bits per heavy atom. The van der Waals surface area contributed by atoms with Crippen LogP contribution >= 0.6 is 0 Å². The van der Waals surface area contributed by atoms with Gasteiger partial charge in [0.15, 0.2) is 0 Å². The van der Waals surface area contributed by atoms with Gasteiger partial charge in [-0.2, -0.15) is 0 Å². The lowest BCUT2D eigenvalue weighted by Crippen LogP contribution is -2.05. The zero-order valence-electron chi connectivity index (χ0n) is 25.2. The van der Waals surface area contributed by atoms with Crippen molar-refractivity contribution in [2.24, 2.45) is 0 Å². The van der Waals surface area contributed by atoms with Gasteiger partial charge in [0.25, 0.3) is 0 Å². The van der Waals surface area contributed by atoms with Crippen LogP contribution in [0.5, 0.6) is 0 Å². The van der Waals surface area contributed by atoms with E-state index in [0.717, 1.165) is 25.7 Å². The van der Waals surface area contributed by atoms with Crippen LogP contribution in [0.3, 0.4) is 0 Å². The first-order chi connectivity index (χ1) is 18.2. The maximum atomic E-state index is 12.4. The van der Waals surface area contributed by atoms with Crippen molar-refractivity contribution in [3.05, 3.63) is 34.9 Å². The third-order valence-corrected chi connectivity index (χ3v) is 7.63. The largest absolute Gasteiger partial charge is 0.461 e. The number of hydrogen-bond donors (Lipinski definition) is 0. The molecule has 0 atom stereocenters. The predicted molar refractivity (Wildman–Crippen MR) is 162 cm³/mol. The molecule has 0 radical (unpaired) electrons. The van der Waals surface area contributed by atoms with Crippen molar-refractivity contribution >= 4 is 5.97 Å². The Morgan fingerprint density at radius 1 is 0.486 bits per heavy atom. The van der Waals surface area contributed by atoms with Crippen molar-refractivity contribution in [3.8, 4) is 0 Å². The fraction of sp³-hybridized carbons (Fsp3) is 0.800. The van der Waals surface area contributed by atoms with E-state index in [0.29, 0.717) is 13.0 Å². The number of esters is 1. The third-order valence-electron chi connectivity index (χ3n) is 7.63. The fourth-order valence-corrected chi connectivity index (χ4v) is 5.25. The van der Waals surface area contributed by atoms with E-state index in [-0.39, 0.29) is 5.97 Å². The minimum atomic E-state index is -0.0269. The summed E-state index contributed by atoms with van der Waals surface area (Å²) in [6.07, 6.45) is 30.4. The van der Waals surface area contributed by atoms with Crippen molar-refractivity contribution < 1.29 is 9.53 Å². The highest BCUT2D eigenvalue weighted by Gasteiger charge is 2.07. The molecule has 0 heterocycles. The van der Waals surface area contributed by atoms with Gasteiger partial charge in [0.1, 0.15) is 6.61 Å². The van der Waals surface area contributed by atoms with E-state index in [9.17, 15) is 4.79 Å². The number of unbranched alkanes of at least 4 members (excludes halogenated alkanes) is 18. The molecule has 1 aromatic carbocycles. The number of ether oxygens (including phenoxy) is 1. The van der Waals surface area contributed by atoms with Crippen LogP contribution in [0.4, 0.5) is 0 Å². The van der Waals surface area contributed by atoms with Gasteiger partial charge in [0, 0.05) is 6.42 Å². The van der Waals surface area contributed by atoms with Crippen molar-refractivity contribution in [1.29, 1.82) is 0 Å². The minimum absolute atomic E-state index is 0.0269. The highest BCUT2D eigenvalue weighted by atomic mass is 16.5. The quantitative estimate of drug-likeness (QED) is 0.0907. The van der Waals surface area contributed by atoms with Crippen LogP contribution in [0.15, 0.2) is 18.2 Å². The number of carbonyl (C=O) groups is 1. The van der Waals surface area contributed by atoms with Crippen LogP contribution < -0.4 is 0 Å². The molecule has 214 valence electrons. The average Bonchev–Trinajstić information content (AvgIpc) is 2.90. The first kappa shape index (κ1) is 33.7. The summed E-state index contributed by atoms with van der Waals surface area (Å²) >= 11 is 0. The Balaban J connectivity index is 2.23. The lowest BCUT2D eigenvalue weighted by Gasteiger charge is -2.11. The molecule has 0 aliphatic carbocycles. The predicted octanol–water partition coefficient (Wildman–Crippen LogP) is 11.5. The number of aryl methyl sites for hydroxylation is 2. The molecule has 1 rings (SSSR count). The van der Waals surface area contributed by atoms with E-state index < -0.39 is 0 Å². The summed E-state index contributed by atoms with van der Waals surface area (Å²) in [6, 6.07) is 6.96. The molecule has 0 spiro atoms. The molecule has 0 amide bonds. The maximum Gasteiger partial charge on any atom is 0.306 e. The zero-order chi connectivity index (χ0) is 26.8. The SMILES string of the molecule is CCCCCCCCCCCCCCCC(=O)OCc1cc(CCCCCC)cc(CCCCCC)c1. The molecule has 0 saturated heterocycles. The number of benzene rings is 1. The van der Waals surface area contributed by atoms with Gasteiger partial charge in [-0.15, -0.1) is 0 Å². The molecule has 1 aromatic rings. The summed E-state index contributed by atoms with van der Waals surface area (Å²) in [5.74, 6) is -0.0269. The number of hydrogen-bond acceptors (Lipinski definition) is 2. The van der Waals surface area contributed by atoms with Gasteiger partial charge in [-0.1, -0.05) is 155 Å². The van der Waals surface area contributed by atoms with Crippen LogP contribution in [0.2, 0.25) is 0 Å². The van der Waals surface area contributed by atoms with Gasteiger partial charge in [-0.25, -0.2) is 0 Å². The molecule has 0 N–H and O–H groups in total. The summed E-state index contributed by atoms with van der Waals surface area (Å²) in [6.45, 7) is 7.24. The molecule has 2 heteroatoms. The van der Waals surface area contributed by atoms with Crippen LogP contribution in [-0.2, 0) is 29.0 Å². The summed E-state index contributed by atoms with van der Waals surface area (Å²) < 4.78 is 5.69. The highest BCUT2D eigenvalue weighted by molar-refractivity contribution is 5.69. The summed E-state index contributed by atoms with van der Waals surface area (Å²) in [7, 11) is 0. The van der Waals surface area contributed by atoms with Crippen molar-refractivity contribution in [2.45, 2.75) is 181 Å². The Labute approximate surface area is 231 Å². The molecule has 0 bridgehead atoms. The van der Waals surface area contributed by atoms with Gasteiger partial charge in [-0.05, 0) is 48.8 Å². The first-order valence-electron chi connectivity index (χ1n) is 16.5. The first-order valence-corrected chi connectivity index (χ1v) is 16.5. The van der Waals surface area contributed by atoms with E-state index >= 15 is 0 Å². The van der Waals surface area contributed by atoms with Gasteiger partial charge < -0.3 is 4.74 Å². The summed E-state index contributed by atoms with van der Waals surface area (Å²) in [4.78, 5) is 12.4. The lowest BCUT2D eigenvalue weighted by atomic mass is 9.98. The Hall–Kier alpha value is -1.31. The zero-order valence-corrected chi connectivity index (χ0v) is 25.2. The molecule has 37 heavy (non-hydrogen) atoms. The van der Waals surface area contributed by atoms with E-state index in [4.69, 9.17) is 4.74 Å². The number of rotatable bonds is 26. The topological polar surface area (TPSA) is 26.3 Å². The summed E-state index contributed by atoms with van der Waals surface area (Å²) in [5, 5.41) is 0. The van der Waals surface area contributed by atoms with Crippen LogP contribution in [0.1, 0.15) is 179 Å². The number of carbonyl (C=O) groups excluding carboxylic acids is 1.